The van der Waals surface area contributed by atoms with Crippen molar-refractivity contribution in [2.24, 2.45) is 0 Å². The molecule has 0 aliphatic carbocycles. The maximum atomic E-state index is 13.8. The van der Waals surface area contributed by atoms with E-state index in [9.17, 15) is 12.8 Å². The second-order valence-electron chi connectivity index (χ2n) is 5.54. The van der Waals surface area contributed by atoms with Gasteiger partial charge in [-0.1, -0.05) is 17.7 Å². The number of hydrogen-bond donors (Lipinski definition) is 0. The summed E-state index contributed by atoms with van der Waals surface area (Å²) in [7, 11) is -2.28. The molecule has 2 rings (SSSR count). The normalized spacial score (nSPS) is 23.9. The van der Waals surface area contributed by atoms with Gasteiger partial charge in [-0.05, 0) is 26.0 Å². The van der Waals surface area contributed by atoms with Crippen LogP contribution in [0.5, 0.6) is 0 Å². The van der Waals surface area contributed by atoms with Crippen LogP contribution >= 0.6 is 11.6 Å². The Labute approximate surface area is 135 Å². The lowest BCUT2D eigenvalue weighted by Crippen LogP contribution is -2.52. The van der Waals surface area contributed by atoms with Gasteiger partial charge in [-0.3, -0.25) is 0 Å². The highest BCUT2D eigenvalue weighted by atomic mass is 35.5. The molecular formula is C14H20ClFN2O3S. The Hall–Kier alpha value is -0.730. The highest BCUT2D eigenvalue weighted by Crippen LogP contribution is 2.23. The second-order valence-corrected chi connectivity index (χ2v) is 7.98. The molecule has 5 nitrogen and oxygen atoms in total. The number of ether oxygens (including phenoxy) is 1. The summed E-state index contributed by atoms with van der Waals surface area (Å²) < 4.78 is 47.1. The maximum Gasteiger partial charge on any atom is 0.282 e. The molecule has 0 radical (unpaired) electrons. The molecule has 0 N–H and O–H groups in total. The summed E-state index contributed by atoms with van der Waals surface area (Å²) in [4.78, 5) is 0. The number of morpholine rings is 1. The van der Waals surface area contributed by atoms with Crippen molar-refractivity contribution in [1.82, 2.24) is 8.61 Å². The number of rotatable bonds is 4. The highest BCUT2D eigenvalue weighted by molar-refractivity contribution is 7.86. The van der Waals surface area contributed by atoms with Crippen LogP contribution in [0, 0.1) is 5.82 Å². The molecule has 0 spiro atoms. The van der Waals surface area contributed by atoms with E-state index in [-0.39, 0.29) is 42.4 Å². The minimum Gasteiger partial charge on any atom is -0.373 e. The van der Waals surface area contributed by atoms with Gasteiger partial charge in [0, 0.05) is 37.3 Å². The molecule has 1 fully saturated rings. The van der Waals surface area contributed by atoms with Gasteiger partial charge >= 0.3 is 0 Å². The zero-order valence-corrected chi connectivity index (χ0v) is 14.4. The van der Waals surface area contributed by atoms with E-state index in [1.165, 1.54) is 23.5 Å². The van der Waals surface area contributed by atoms with Crippen molar-refractivity contribution in [2.75, 3.05) is 20.1 Å². The zero-order chi connectivity index (χ0) is 16.5. The van der Waals surface area contributed by atoms with Crippen molar-refractivity contribution in [1.29, 1.82) is 0 Å². The molecule has 0 amide bonds. The van der Waals surface area contributed by atoms with E-state index in [1.807, 2.05) is 13.8 Å². The number of benzene rings is 1. The second kappa shape index (κ2) is 6.80. The molecule has 124 valence electrons. The van der Waals surface area contributed by atoms with Crippen LogP contribution in [-0.2, 0) is 21.5 Å². The summed E-state index contributed by atoms with van der Waals surface area (Å²) in [5, 5.41) is 0.214. The Kier molecular flexibility index (Phi) is 5.45. The largest absolute Gasteiger partial charge is 0.373 e. The van der Waals surface area contributed by atoms with Crippen molar-refractivity contribution in [3.8, 4) is 0 Å². The molecule has 1 saturated heterocycles. The Morgan fingerprint density at radius 1 is 1.36 bits per heavy atom. The lowest BCUT2D eigenvalue weighted by atomic mass is 10.2. The lowest BCUT2D eigenvalue weighted by molar-refractivity contribution is -0.0453. The summed E-state index contributed by atoms with van der Waals surface area (Å²) in [6.45, 7) is 4.09. The number of hydrogen-bond acceptors (Lipinski definition) is 3. The molecule has 8 heteroatoms. The fourth-order valence-electron chi connectivity index (χ4n) is 2.50. The summed E-state index contributed by atoms with van der Waals surface area (Å²) in [5.41, 5.74) is 0.171. The van der Waals surface area contributed by atoms with E-state index in [1.54, 1.807) is 6.07 Å². The van der Waals surface area contributed by atoms with Crippen LogP contribution in [0.25, 0.3) is 0 Å². The zero-order valence-electron chi connectivity index (χ0n) is 12.8. The Morgan fingerprint density at radius 2 is 1.95 bits per heavy atom. The van der Waals surface area contributed by atoms with Crippen LogP contribution in [0.1, 0.15) is 19.4 Å². The predicted octanol–water partition coefficient (Wildman–Crippen LogP) is 2.26. The molecular weight excluding hydrogens is 331 g/mol. The van der Waals surface area contributed by atoms with E-state index in [0.717, 1.165) is 4.31 Å². The first kappa shape index (κ1) is 17.6. The van der Waals surface area contributed by atoms with Crippen LogP contribution < -0.4 is 0 Å². The molecule has 1 aliphatic heterocycles. The summed E-state index contributed by atoms with van der Waals surface area (Å²) in [6, 6.07) is 4.29. The van der Waals surface area contributed by atoms with Gasteiger partial charge in [-0.15, -0.1) is 0 Å². The van der Waals surface area contributed by atoms with E-state index < -0.39 is 16.0 Å². The molecule has 22 heavy (non-hydrogen) atoms. The standard InChI is InChI=1S/C14H20ClFN2O3S/c1-10-7-18(8-11(2)21-10)22(19,20)17(3)9-12-13(15)5-4-6-14(12)16/h4-6,10-11H,7-9H2,1-3H3. The minimum absolute atomic E-state index is 0.117. The van der Waals surface area contributed by atoms with Crippen LogP contribution in [0.4, 0.5) is 4.39 Å². The Morgan fingerprint density at radius 3 is 2.50 bits per heavy atom. The maximum absolute atomic E-state index is 13.8. The van der Waals surface area contributed by atoms with Crippen molar-refractivity contribution in [2.45, 2.75) is 32.6 Å². The molecule has 1 aliphatic rings. The van der Waals surface area contributed by atoms with E-state index in [2.05, 4.69) is 0 Å². The van der Waals surface area contributed by atoms with E-state index in [0.29, 0.717) is 0 Å². The Balaban J connectivity index is 2.19. The third kappa shape index (κ3) is 3.78. The van der Waals surface area contributed by atoms with Gasteiger partial charge in [0.1, 0.15) is 5.82 Å². The van der Waals surface area contributed by atoms with Gasteiger partial charge in [-0.2, -0.15) is 17.0 Å². The van der Waals surface area contributed by atoms with Gasteiger partial charge in [0.2, 0.25) is 0 Å². The first-order chi connectivity index (χ1) is 10.2. The van der Waals surface area contributed by atoms with Gasteiger partial charge in [-0.25, -0.2) is 4.39 Å². The number of halogens is 2. The lowest BCUT2D eigenvalue weighted by Gasteiger charge is -2.36. The van der Waals surface area contributed by atoms with Crippen molar-refractivity contribution in [3.63, 3.8) is 0 Å². The molecule has 0 bridgehead atoms. The fraction of sp³-hybridized carbons (Fsp3) is 0.571. The first-order valence-corrected chi connectivity index (χ1v) is 8.79. The quantitative estimate of drug-likeness (QED) is 0.837. The molecule has 2 unspecified atom stereocenters. The molecule has 2 atom stereocenters. The first-order valence-electron chi connectivity index (χ1n) is 7.01. The van der Waals surface area contributed by atoms with Crippen LogP contribution in [0.2, 0.25) is 5.02 Å². The van der Waals surface area contributed by atoms with Crippen LogP contribution in [0.15, 0.2) is 18.2 Å². The van der Waals surface area contributed by atoms with Crippen molar-refractivity contribution >= 4 is 21.8 Å². The average Bonchev–Trinajstić information content (AvgIpc) is 2.41. The van der Waals surface area contributed by atoms with Gasteiger partial charge in [0.25, 0.3) is 10.2 Å². The Bertz CT molecular complexity index is 611. The number of nitrogens with zero attached hydrogens (tertiary/aromatic N) is 2. The molecule has 1 aromatic carbocycles. The molecule has 1 heterocycles. The summed E-state index contributed by atoms with van der Waals surface area (Å²) in [6.07, 6.45) is -0.354. The fourth-order valence-corrected chi connectivity index (χ4v) is 4.21. The highest BCUT2D eigenvalue weighted by Gasteiger charge is 2.34. The predicted molar refractivity (Wildman–Crippen MR) is 83.4 cm³/mol. The molecule has 0 saturated carbocycles. The minimum atomic E-state index is -3.70. The molecule has 1 aromatic rings. The summed E-state index contributed by atoms with van der Waals surface area (Å²) >= 11 is 5.96. The van der Waals surface area contributed by atoms with Gasteiger partial charge < -0.3 is 4.74 Å². The van der Waals surface area contributed by atoms with Crippen LogP contribution in [0.3, 0.4) is 0 Å². The topological polar surface area (TPSA) is 49.9 Å². The van der Waals surface area contributed by atoms with Gasteiger partial charge in [0.15, 0.2) is 0 Å². The average molecular weight is 351 g/mol. The van der Waals surface area contributed by atoms with Crippen molar-refractivity contribution < 1.29 is 17.5 Å². The molecule has 0 aromatic heterocycles. The van der Waals surface area contributed by atoms with Crippen LogP contribution in [-0.4, -0.2) is 49.4 Å². The monoisotopic (exact) mass is 350 g/mol. The van der Waals surface area contributed by atoms with Crippen molar-refractivity contribution in [3.05, 3.63) is 34.6 Å². The third-order valence-corrected chi connectivity index (χ3v) is 5.77. The SMILES string of the molecule is CC1CN(S(=O)(=O)N(C)Cc2c(F)cccc2Cl)CC(C)O1. The van der Waals surface area contributed by atoms with Gasteiger partial charge in [0.05, 0.1) is 12.2 Å². The van der Waals surface area contributed by atoms with E-state index >= 15 is 0 Å². The van der Waals surface area contributed by atoms with E-state index in [4.69, 9.17) is 16.3 Å². The third-order valence-electron chi connectivity index (χ3n) is 3.55. The summed E-state index contributed by atoms with van der Waals surface area (Å²) in [5.74, 6) is -0.515. The smallest absolute Gasteiger partial charge is 0.282 e.